The first-order chi connectivity index (χ1) is 8.72. The number of benzene rings is 1. The molecule has 0 aliphatic rings. The van der Waals surface area contributed by atoms with Crippen LogP contribution >= 0.6 is 11.8 Å². The van der Waals surface area contributed by atoms with E-state index in [1.165, 1.54) is 12.1 Å². The van der Waals surface area contributed by atoms with Gasteiger partial charge in [0.15, 0.2) is 0 Å². The van der Waals surface area contributed by atoms with Crippen LogP contribution in [0.3, 0.4) is 0 Å². The second-order valence-corrected chi connectivity index (χ2v) is 5.07. The van der Waals surface area contributed by atoms with Crippen molar-refractivity contribution in [2.45, 2.75) is 24.2 Å². The molecule has 5 heteroatoms. The van der Waals surface area contributed by atoms with Crippen LogP contribution in [0.4, 0.5) is 4.39 Å². The Morgan fingerprint density at radius 3 is 2.67 bits per heavy atom. The zero-order chi connectivity index (χ0) is 13.2. The van der Waals surface area contributed by atoms with Gasteiger partial charge in [0, 0.05) is 17.9 Å². The average Bonchev–Trinajstić information content (AvgIpc) is 2.38. The number of amides is 1. The van der Waals surface area contributed by atoms with Gasteiger partial charge >= 0.3 is 0 Å². The van der Waals surface area contributed by atoms with Gasteiger partial charge in [0.2, 0.25) is 5.91 Å². The van der Waals surface area contributed by atoms with Gasteiger partial charge in [0.05, 0.1) is 0 Å². The lowest BCUT2D eigenvalue weighted by molar-refractivity contribution is -0.121. The first-order valence-corrected chi connectivity index (χ1v) is 7.06. The van der Waals surface area contributed by atoms with Crippen molar-refractivity contribution in [2.24, 2.45) is 5.73 Å². The van der Waals surface area contributed by atoms with E-state index < -0.39 is 0 Å². The second-order valence-electron chi connectivity index (χ2n) is 3.90. The number of thioether (sulfide) groups is 1. The molecule has 0 bridgehead atoms. The topological polar surface area (TPSA) is 55.1 Å². The van der Waals surface area contributed by atoms with Crippen molar-refractivity contribution < 1.29 is 9.18 Å². The summed E-state index contributed by atoms with van der Waals surface area (Å²) in [7, 11) is 0. The van der Waals surface area contributed by atoms with Crippen LogP contribution in [-0.4, -0.2) is 24.7 Å². The van der Waals surface area contributed by atoms with Crippen LogP contribution in [-0.2, 0) is 4.79 Å². The molecule has 0 spiro atoms. The van der Waals surface area contributed by atoms with Crippen molar-refractivity contribution >= 4 is 17.7 Å². The molecule has 0 atom stereocenters. The predicted molar refractivity (Wildman–Crippen MR) is 73.0 cm³/mol. The van der Waals surface area contributed by atoms with E-state index in [0.29, 0.717) is 19.5 Å². The Bertz CT molecular complexity index is 357. The summed E-state index contributed by atoms with van der Waals surface area (Å²) >= 11 is 1.66. The number of nitrogens with one attached hydrogen (secondary N) is 1. The van der Waals surface area contributed by atoms with Crippen LogP contribution in [0.5, 0.6) is 0 Å². The fourth-order valence-corrected chi connectivity index (χ4v) is 2.22. The minimum atomic E-state index is -0.216. The van der Waals surface area contributed by atoms with Crippen molar-refractivity contribution in [3.05, 3.63) is 30.1 Å². The summed E-state index contributed by atoms with van der Waals surface area (Å²) in [5, 5.41) is 2.85. The minimum Gasteiger partial charge on any atom is -0.356 e. The largest absolute Gasteiger partial charge is 0.356 e. The summed E-state index contributed by atoms with van der Waals surface area (Å²) in [6.45, 7) is 1.23. The maximum Gasteiger partial charge on any atom is 0.220 e. The van der Waals surface area contributed by atoms with Crippen LogP contribution < -0.4 is 11.1 Å². The fraction of sp³-hybridized carbons (Fsp3) is 0.462. The predicted octanol–water partition coefficient (Wildman–Crippen LogP) is 2.16. The highest BCUT2D eigenvalue weighted by Crippen LogP contribution is 2.18. The Labute approximate surface area is 111 Å². The molecular weight excluding hydrogens is 251 g/mol. The Morgan fingerprint density at radius 1 is 1.28 bits per heavy atom. The summed E-state index contributed by atoms with van der Waals surface area (Å²) in [6.07, 6.45) is 2.13. The van der Waals surface area contributed by atoms with E-state index in [2.05, 4.69) is 5.32 Å². The van der Waals surface area contributed by atoms with Gasteiger partial charge in [-0.2, -0.15) is 0 Å². The lowest BCUT2D eigenvalue weighted by Crippen LogP contribution is -2.25. The third-order valence-corrected chi connectivity index (χ3v) is 3.43. The monoisotopic (exact) mass is 270 g/mol. The number of nitrogens with two attached hydrogens (primary N) is 1. The van der Waals surface area contributed by atoms with Crippen molar-refractivity contribution in [1.29, 1.82) is 0 Å². The molecule has 0 aromatic heterocycles. The van der Waals surface area contributed by atoms with E-state index in [9.17, 15) is 9.18 Å². The molecular formula is C13H19FN2OS. The zero-order valence-corrected chi connectivity index (χ0v) is 11.1. The Kier molecular flexibility index (Phi) is 7.44. The Balaban J connectivity index is 2.05. The minimum absolute atomic E-state index is 0.0623. The van der Waals surface area contributed by atoms with Gasteiger partial charge in [-0.3, -0.25) is 4.79 Å². The summed E-state index contributed by atoms with van der Waals surface area (Å²) in [6, 6.07) is 6.44. The Hall–Kier alpha value is -1.07. The highest BCUT2D eigenvalue weighted by molar-refractivity contribution is 7.99. The first-order valence-electron chi connectivity index (χ1n) is 6.07. The normalized spacial score (nSPS) is 10.3. The van der Waals surface area contributed by atoms with Gasteiger partial charge in [0.1, 0.15) is 5.82 Å². The molecule has 1 rings (SSSR count). The number of hydrogen-bond acceptors (Lipinski definition) is 3. The third-order valence-electron chi connectivity index (χ3n) is 2.33. The molecule has 0 heterocycles. The SMILES string of the molecule is NCCCC(=O)NCCCSc1ccc(F)cc1. The maximum atomic E-state index is 12.7. The zero-order valence-electron chi connectivity index (χ0n) is 10.3. The quantitative estimate of drug-likeness (QED) is 0.562. The summed E-state index contributed by atoms with van der Waals surface area (Å²) in [5.41, 5.74) is 5.32. The molecule has 100 valence electrons. The average molecular weight is 270 g/mol. The van der Waals surface area contributed by atoms with E-state index in [1.54, 1.807) is 23.9 Å². The van der Waals surface area contributed by atoms with Crippen LogP contribution in [0.15, 0.2) is 29.2 Å². The van der Waals surface area contributed by atoms with Crippen LogP contribution in [0.2, 0.25) is 0 Å². The molecule has 1 aromatic carbocycles. The number of hydrogen-bond donors (Lipinski definition) is 2. The van der Waals surface area contributed by atoms with Crippen molar-refractivity contribution in [3.8, 4) is 0 Å². The number of carbonyl (C=O) groups excluding carboxylic acids is 1. The molecule has 0 fully saturated rings. The van der Waals surface area contributed by atoms with E-state index in [-0.39, 0.29) is 11.7 Å². The molecule has 0 unspecified atom stereocenters. The number of halogens is 1. The molecule has 0 saturated heterocycles. The molecule has 0 aliphatic heterocycles. The fourth-order valence-electron chi connectivity index (χ4n) is 1.37. The molecule has 0 aliphatic carbocycles. The van der Waals surface area contributed by atoms with Gasteiger partial charge in [-0.1, -0.05) is 0 Å². The smallest absolute Gasteiger partial charge is 0.220 e. The molecule has 1 amide bonds. The number of carbonyl (C=O) groups is 1. The molecule has 0 saturated carbocycles. The van der Waals surface area contributed by atoms with Crippen molar-refractivity contribution in [1.82, 2.24) is 5.32 Å². The van der Waals surface area contributed by atoms with Gasteiger partial charge in [-0.25, -0.2) is 4.39 Å². The van der Waals surface area contributed by atoms with Gasteiger partial charge in [0.25, 0.3) is 0 Å². The van der Waals surface area contributed by atoms with E-state index in [4.69, 9.17) is 5.73 Å². The van der Waals surface area contributed by atoms with Crippen LogP contribution in [0.1, 0.15) is 19.3 Å². The summed E-state index contributed by atoms with van der Waals surface area (Å²) < 4.78 is 12.7. The molecule has 3 nitrogen and oxygen atoms in total. The van der Waals surface area contributed by atoms with Crippen LogP contribution in [0, 0.1) is 5.82 Å². The summed E-state index contributed by atoms with van der Waals surface area (Å²) in [5.74, 6) is 0.752. The van der Waals surface area contributed by atoms with Gasteiger partial charge in [-0.15, -0.1) is 11.8 Å². The van der Waals surface area contributed by atoms with E-state index in [0.717, 1.165) is 23.5 Å². The van der Waals surface area contributed by atoms with Crippen molar-refractivity contribution in [2.75, 3.05) is 18.8 Å². The van der Waals surface area contributed by atoms with E-state index >= 15 is 0 Å². The highest BCUT2D eigenvalue weighted by Gasteiger charge is 1.99. The summed E-state index contributed by atoms with van der Waals surface area (Å²) in [4.78, 5) is 12.3. The standard InChI is InChI=1S/C13H19FN2OS/c14-11-4-6-12(7-5-11)18-10-2-9-16-13(17)3-1-8-15/h4-7H,1-3,8-10,15H2,(H,16,17). The van der Waals surface area contributed by atoms with E-state index in [1.807, 2.05) is 0 Å². The first kappa shape index (κ1) is 15.0. The maximum absolute atomic E-state index is 12.7. The molecule has 3 N–H and O–H groups in total. The molecule has 0 radical (unpaired) electrons. The second kappa shape index (κ2) is 8.94. The lowest BCUT2D eigenvalue weighted by Gasteiger charge is -2.04. The molecule has 18 heavy (non-hydrogen) atoms. The highest BCUT2D eigenvalue weighted by atomic mass is 32.2. The Morgan fingerprint density at radius 2 is 2.00 bits per heavy atom. The van der Waals surface area contributed by atoms with Gasteiger partial charge in [-0.05, 0) is 49.4 Å². The third kappa shape index (κ3) is 6.61. The lowest BCUT2D eigenvalue weighted by atomic mass is 10.3. The molecule has 1 aromatic rings. The number of rotatable bonds is 8. The van der Waals surface area contributed by atoms with Crippen LogP contribution in [0.25, 0.3) is 0 Å². The van der Waals surface area contributed by atoms with Gasteiger partial charge < -0.3 is 11.1 Å². The van der Waals surface area contributed by atoms with Crippen molar-refractivity contribution in [3.63, 3.8) is 0 Å².